The van der Waals surface area contributed by atoms with Crippen LogP contribution < -0.4 is 0 Å². The lowest BCUT2D eigenvalue weighted by molar-refractivity contribution is -0.162. The number of unbranched alkanes of at least 4 members (excludes halogenated alkanes) is 4. The SMILES string of the molecule is CCCOC(=O)C(CCCCCCCC(CC(=O)O)C(=O)O)C(=O)OCC. The molecule has 0 radical (unpaired) electrons. The number of hydrogen-bond donors (Lipinski definition) is 2. The van der Waals surface area contributed by atoms with Crippen molar-refractivity contribution in [3.8, 4) is 0 Å². The molecule has 0 aliphatic carbocycles. The molecule has 8 nitrogen and oxygen atoms in total. The minimum atomic E-state index is -1.11. The van der Waals surface area contributed by atoms with E-state index < -0.39 is 35.7 Å². The number of carboxylic acid groups (broad SMARTS) is 2. The largest absolute Gasteiger partial charge is 0.481 e. The number of aliphatic carboxylic acids is 2. The standard InChI is InChI=1S/C19H32O8/c1-3-12-27-19(25)15(18(24)26-4-2)11-9-7-5-6-8-10-14(17(22)23)13-16(20)21/h14-15H,3-13H2,1-2H3,(H,20,21)(H,22,23). The molecule has 2 atom stereocenters. The van der Waals surface area contributed by atoms with Gasteiger partial charge in [-0.1, -0.05) is 39.0 Å². The highest BCUT2D eigenvalue weighted by atomic mass is 16.6. The maximum Gasteiger partial charge on any atom is 0.320 e. The fourth-order valence-corrected chi connectivity index (χ4v) is 2.67. The zero-order valence-corrected chi connectivity index (χ0v) is 16.3. The average Bonchev–Trinajstić information content (AvgIpc) is 2.60. The van der Waals surface area contributed by atoms with Gasteiger partial charge in [-0.2, -0.15) is 0 Å². The lowest BCUT2D eigenvalue weighted by Gasteiger charge is -2.14. The molecule has 0 bridgehead atoms. The third-order valence-electron chi connectivity index (χ3n) is 4.12. The first kappa shape index (κ1) is 24.9. The van der Waals surface area contributed by atoms with Crippen LogP contribution in [0.15, 0.2) is 0 Å². The molecule has 0 amide bonds. The van der Waals surface area contributed by atoms with Gasteiger partial charge in [0.05, 0.1) is 25.6 Å². The molecule has 27 heavy (non-hydrogen) atoms. The van der Waals surface area contributed by atoms with E-state index in [2.05, 4.69) is 0 Å². The van der Waals surface area contributed by atoms with Gasteiger partial charge in [-0.05, 0) is 26.2 Å². The van der Waals surface area contributed by atoms with E-state index in [1.54, 1.807) is 6.92 Å². The Hall–Kier alpha value is -2.12. The summed E-state index contributed by atoms with van der Waals surface area (Å²) in [6.45, 7) is 4.03. The Morgan fingerprint density at radius 2 is 1.37 bits per heavy atom. The quantitative estimate of drug-likeness (QED) is 0.235. The number of rotatable bonds is 16. The van der Waals surface area contributed by atoms with E-state index in [-0.39, 0.29) is 19.6 Å². The molecule has 2 N–H and O–H groups in total. The van der Waals surface area contributed by atoms with Gasteiger partial charge in [-0.15, -0.1) is 0 Å². The summed E-state index contributed by atoms with van der Waals surface area (Å²) in [7, 11) is 0. The summed E-state index contributed by atoms with van der Waals surface area (Å²) in [6.07, 6.45) is 4.66. The summed E-state index contributed by atoms with van der Waals surface area (Å²) in [4.78, 5) is 45.5. The molecule has 0 aromatic rings. The molecule has 2 unspecified atom stereocenters. The van der Waals surface area contributed by atoms with E-state index in [1.807, 2.05) is 6.92 Å². The Bertz CT molecular complexity index is 474. The Morgan fingerprint density at radius 3 is 1.89 bits per heavy atom. The Morgan fingerprint density at radius 1 is 0.815 bits per heavy atom. The zero-order chi connectivity index (χ0) is 20.7. The third-order valence-corrected chi connectivity index (χ3v) is 4.12. The fraction of sp³-hybridized carbons (Fsp3) is 0.789. The molecule has 0 aromatic carbocycles. The van der Waals surface area contributed by atoms with Crippen molar-refractivity contribution in [3.63, 3.8) is 0 Å². The lowest BCUT2D eigenvalue weighted by Crippen LogP contribution is -2.28. The predicted octanol–water partition coefficient (Wildman–Crippen LogP) is 3.03. The van der Waals surface area contributed by atoms with Crippen LogP contribution in [0, 0.1) is 11.8 Å². The third kappa shape index (κ3) is 12.0. The number of esters is 2. The van der Waals surface area contributed by atoms with Gasteiger partial charge in [0.2, 0.25) is 0 Å². The van der Waals surface area contributed by atoms with Crippen LogP contribution in [-0.4, -0.2) is 47.3 Å². The van der Waals surface area contributed by atoms with Gasteiger partial charge in [-0.25, -0.2) is 0 Å². The molecule has 0 fully saturated rings. The van der Waals surface area contributed by atoms with E-state index in [4.69, 9.17) is 19.7 Å². The van der Waals surface area contributed by atoms with Gasteiger partial charge < -0.3 is 19.7 Å². The minimum Gasteiger partial charge on any atom is -0.481 e. The number of ether oxygens (including phenoxy) is 2. The summed E-state index contributed by atoms with van der Waals surface area (Å²) in [5.74, 6) is -5.06. The van der Waals surface area contributed by atoms with Gasteiger partial charge in [0.15, 0.2) is 5.92 Å². The minimum absolute atomic E-state index is 0.206. The van der Waals surface area contributed by atoms with Gasteiger partial charge in [-0.3, -0.25) is 19.2 Å². The average molecular weight is 388 g/mol. The summed E-state index contributed by atoms with van der Waals surface area (Å²) >= 11 is 0. The van der Waals surface area contributed by atoms with Crippen molar-refractivity contribution >= 4 is 23.9 Å². The Kier molecular flexibility index (Phi) is 13.8. The number of carbonyl (C=O) groups is 4. The predicted molar refractivity (Wildman–Crippen MR) is 97.1 cm³/mol. The van der Waals surface area contributed by atoms with Crippen LogP contribution in [0.4, 0.5) is 0 Å². The highest BCUT2D eigenvalue weighted by molar-refractivity contribution is 5.94. The smallest absolute Gasteiger partial charge is 0.320 e. The fourth-order valence-electron chi connectivity index (χ4n) is 2.67. The van der Waals surface area contributed by atoms with E-state index in [0.29, 0.717) is 32.1 Å². The van der Waals surface area contributed by atoms with Gasteiger partial charge >= 0.3 is 23.9 Å². The van der Waals surface area contributed by atoms with Crippen LogP contribution in [0.5, 0.6) is 0 Å². The lowest BCUT2D eigenvalue weighted by atomic mass is 9.96. The summed E-state index contributed by atoms with van der Waals surface area (Å²) in [6, 6.07) is 0. The molecule has 0 aliphatic heterocycles. The highest BCUT2D eigenvalue weighted by Crippen LogP contribution is 2.18. The second-order valence-corrected chi connectivity index (χ2v) is 6.45. The Balaban J connectivity index is 4.15. The van der Waals surface area contributed by atoms with Crippen LogP contribution in [-0.2, 0) is 28.7 Å². The highest BCUT2D eigenvalue weighted by Gasteiger charge is 2.28. The topological polar surface area (TPSA) is 127 Å². The Labute approximate surface area is 160 Å². The van der Waals surface area contributed by atoms with Crippen molar-refractivity contribution in [2.75, 3.05) is 13.2 Å². The van der Waals surface area contributed by atoms with Gasteiger partial charge in [0.1, 0.15) is 0 Å². The summed E-state index contributed by atoms with van der Waals surface area (Å²) < 4.78 is 9.99. The molecular formula is C19H32O8. The second-order valence-electron chi connectivity index (χ2n) is 6.45. The van der Waals surface area contributed by atoms with Crippen molar-refractivity contribution in [2.24, 2.45) is 11.8 Å². The molecule has 0 saturated heterocycles. The normalized spacial score (nSPS) is 12.8. The van der Waals surface area contributed by atoms with Crippen LogP contribution in [0.1, 0.15) is 71.6 Å². The molecule has 0 aromatic heterocycles. The first-order valence-electron chi connectivity index (χ1n) is 9.61. The van der Waals surface area contributed by atoms with Crippen molar-refractivity contribution in [3.05, 3.63) is 0 Å². The molecule has 0 spiro atoms. The maximum absolute atomic E-state index is 12.0. The van der Waals surface area contributed by atoms with Crippen LogP contribution in [0.25, 0.3) is 0 Å². The summed E-state index contributed by atoms with van der Waals surface area (Å²) in [5.41, 5.74) is 0. The second kappa shape index (κ2) is 15.0. The van der Waals surface area contributed by atoms with E-state index in [9.17, 15) is 19.2 Å². The van der Waals surface area contributed by atoms with Gasteiger partial charge in [0, 0.05) is 0 Å². The number of carboxylic acids is 2. The molecule has 0 heterocycles. The monoisotopic (exact) mass is 388 g/mol. The number of hydrogen-bond acceptors (Lipinski definition) is 6. The maximum atomic E-state index is 12.0. The molecule has 156 valence electrons. The van der Waals surface area contributed by atoms with Crippen molar-refractivity contribution in [1.82, 2.24) is 0 Å². The molecule has 0 aliphatic rings. The molecule has 8 heteroatoms. The molecular weight excluding hydrogens is 356 g/mol. The number of carbonyl (C=O) groups excluding carboxylic acids is 2. The van der Waals surface area contributed by atoms with E-state index in [0.717, 1.165) is 19.3 Å². The van der Waals surface area contributed by atoms with Crippen LogP contribution >= 0.6 is 0 Å². The van der Waals surface area contributed by atoms with Crippen molar-refractivity contribution < 1.29 is 38.9 Å². The van der Waals surface area contributed by atoms with Crippen LogP contribution in [0.2, 0.25) is 0 Å². The van der Waals surface area contributed by atoms with Gasteiger partial charge in [0.25, 0.3) is 0 Å². The zero-order valence-electron chi connectivity index (χ0n) is 16.3. The van der Waals surface area contributed by atoms with E-state index in [1.165, 1.54) is 0 Å². The van der Waals surface area contributed by atoms with Crippen molar-refractivity contribution in [1.29, 1.82) is 0 Å². The first-order valence-corrected chi connectivity index (χ1v) is 9.61. The molecule has 0 rings (SSSR count). The van der Waals surface area contributed by atoms with E-state index >= 15 is 0 Å². The van der Waals surface area contributed by atoms with Crippen molar-refractivity contribution in [2.45, 2.75) is 71.6 Å². The van der Waals surface area contributed by atoms with Crippen LogP contribution in [0.3, 0.4) is 0 Å². The summed E-state index contributed by atoms with van der Waals surface area (Å²) in [5, 5.41) is 17.7. The molecule has 0 saturated carbocycles. The first-order chi connectivity index (χ1) is 12.8.